The lowest BCUT2D eigenvalue weighted by Gasteiger charge is -2.04. The molecule has 0 atom stereocenters. The average Bonchev–Trinajstić information content (AvgIpc) is 2.72. The van der Waals surface area contributed by atoms with E-state index in [1.807, 2.05) is 0 Å². The van der Waals surface area contributed by atoms with Crippen LogP contribution in [0.1, 0.15) is 135 Å². The Labute approximate surface area is 177 Å². The van der Waals surface area contributed by atoms with Crippen molar-refractivity contribution in [3.63, 3.8) is 0 Å². The summed E-state index contributed by atoms with van der Waals surface area (Å²) in [5, 5.41) is 0. The monoisotopic (exact) mass is 388 g/mol. The molecule has 0 amide bonds. The molecule has 0 aliphatic heterocycles. The number of hydrogen-bond donors (Lipinski definition) is 0. The van der Waals surface area contributed by atoms with Crippen LogP contribution in [-0.4, -0.2) is 0 Å². The highest BCUT2D eigenvalue weighted by Crippen LogP contribution is 2.14. The summed E-state index contributed by atoms with van der Waals surface area (Å²) in [6.45, 7) is 5.73. The number of aryl methyl sites for hydroxylation is 2. The second kappa shape index (κ2) is 19.5. The van der Waals surface area contributed by atoms with E-state index in [0.717, 1.165) is 0 Å². The first-order chi connectivity index (χ1) is 13.9. The molecule has 0 saturated carbocycles. The molecule has 1 nitrogen and oxygen atoms in total. The van der Waals surface area contributed by atoms with Crippen molar-refractivity contribution >= 4 is 0 Å². The van der Waals surface area contributed by atoms with Crippen LogP contribution in [0.4, 0.5) is 0 Å². The highest BCUT2D eigenvalue weighted by molar-refractivity contribution is 5.05. The van der Waals surface area contributed by atoms with Gasteiger partial charge in [0.25, 0.3) is 0 Å². The molecule has 0 bridgehead atoms. The van der Waals surface area contributed by atoms with Gasteiger partial charge >= 0.3 is 0 Å². The van der Waals surface area contributed by atoms with Crippen LogP contribution in [0.3, 0.4) is 0 Å². The molecule has 0 aromatic carbocycles. The molecular formula is C27H50N+. The molecule has 0 fully saturated rings. The highest BCUT2D eigenvalue weighted by atomic mass is 14.9. The average molecular weight is 389 g/mol. The van der Waals surface area contributed by atoms with E-state index in [1.54, 1.807) is 0 Å². The molecule has 0 aliphatic carbocycles. The Kier molecular flexibility index (Phi) is 17.5. The van der Waals surface area contributed by atoms with Gasteiger partial charge in [0.1, 0.15) is 6.54 Å². The first kappa shape index (κ1) is 25.2. The van der Waals surface area contributed by atoms with Crippen LogP contribution in [0.2, 0.25) is 0 Å². The van der Waals surface area contributed by atoms with E-state index in [9.17, 15) is 0 Å². The van der Waals surface area contributed by atoms with Crippen molar-refractivity contribution in [2.45, 2.75) is 142 Å². The maximum absolute atomic E-state index is 2.37. The Morgan fingerprint density at radius 2 is 1.04 bits per heavy atom. The summed E-state index contributed by atoms with van der Waals surface area (Å²) >= 11 is 0. The Balaban J connectivity index is 1.83. The van der Waals surface area contributed by atoms with Gasteiger partial charge in [-0.3, -0.25) is 0 Å². The minimum Gasteiger partial charge on any atom is -0.205 e. The first-order valence-corrected chi connectivity index (χ1v) is 12.8. The number of nitrogens with zero attached hydrogens (tertiary/aromatic N) is 1. The molecule has 0 unspecified atom stereocenters. The predicted octanol–water partition coefficient (Wildman–Crippen LogP) is 8.58. The van der Waals surface area contributed by atoms with Crippen molar-refractivity contribution < 1.29 is 4.57 Å². The summed E-state index contributed by atoms with van der Waals surface area (Å²) in [6, 6.07) is 4.52. The first-order valence-electron chi connectivity index (χ1n) is 12.8. The van der Waals surface area contributed by atoms with Gasteiger partial charge in [-0.1, -0.05) is 117 Å². The molecule has 1 heteroatoms. The third-order valence-electron chi connectivity index (χ3n) is 6.01. The fourth-order valence-electron chi connectivity index (χ4n) is 4.08. The van der Waals surface area contributed by atoms with Crippen molar-refractivity contribution in [2.75, 3.05) is 0 Å². The molecule has 162 valence electrons. The van der Waals surface area contributed by atoms with Crippen LogP contribution in [0, 0.1) is 0 Å². The van der Waals surface area contributed by atoms with Crippen LogP contribution in [0.15, 0.2) is 24.5 Å². The Bertz CT molecular complexity index is 440. The van der Waals surface area contributed by atoms with Crippen LogP contribution in [0.5, 0.6) is 0 Å². The van der Waals surface area contributed by atoms with Crippen molar-refractivity contribution in [3.8, 4) is 0 Å². The molecule has 1 aromatic rings. The number of unbranched alkanes of at least 4 members (excludes halogenated alkanes) is 16. The second-order valence-corrected chi connectivity index (χ2v) is 8.86. The highest BCUT2D eigenvalue weighted by Gasteiger charge is 2.02. The molecule has 1 heterocycles. The van der Waals surface area contributed by atoms with Gasteiger partial charge in [0.2, 0.25) is 0 Å². The Hall–Kier alpha value is -0.850. The van der Waals surface area contributed by atoms with E-state index in [0.29, 0.717) is 0 Å². The van der Waals surface area contributed by atoms with E-state index >= 15 is 0 Å². The predicted molar refractivity (Wildman–Crippen MR) is 125 cm³/mol. The lowest BCUT2D eigenvalue weighted by Crippen LogP contribution is -2.33. The van der Waals surface area contributed by atoms with Gasteiger partial charge in [0.15, 0.2) is 12.4 Å². The fourth-order valence-corrected chi connectivity index (χ4v) is 4.08. The lowest BCUT2D eigenvalue weighted by atomic mass is 10.0. The van der Waals surface area contributed by atoms with Crippen molar-refractivity contribution in [1.29, 1.82) is 0 Å². The summed E-state index contributed by atoms with van der Waals surface area (Å²) in [6.07, 6.45) is 31.5. The lowest BCUT2D eigenvalue weighted by molar-refractivity contribution is -0.697. The molecule has 0 spiro atoms. The molecule has 1 rings (SSSR count). The SMILES string of the molecule is CCCCCCCCCCCCCCCCCCc1ccc[n+](CCCC)c1. The van der Waals surface area contributed by atoms with E-state index in [4.69, 9.17) is 0 Å². The minimum atomic E-state index is 1.17. The summed E-state index contributed by atoms with van der Waals surface area (Å²) in [5.41, 5.74) is 1.52. The smallest absolute Gasteiger partial charge is 0.171 e. The summed E-state index contributed by atoms with van der Waals surface area (Å²) < 4.78 is 2.37. The Morgan fingerprint density at radius 1 is 0.571 bits per heavy atom. The van der Waals surface area contributed by atoms with Gasteiger partial charge in [-0.25, -0.2) is 4.57 Å². The third kappa shape index (κ3) is 15.1. The standard InChI is InChI=1S/C27H50N/c1-3-5-7-8-9-10-11-12-13-14-15-16-17-18-19-20-22-27-23-21-25-28(26-27)24-6-4-2/h21,23,25-26H,3-20,22,24H2,1-2H3/q+1. The summed E-state index contributed by atoms with van der Waals surface area (Å²) in [4.78, 5) is 0. The van der Waals surface area contributed by atoms with E-state index in [1.165, 1.54) is 134 Å². The second-order valence-electron chi connectivity index (χ2n) is 8.86. The maximum atomic E-state index is 2.37. The number of rotatable bonds is 20. The van der Waals surface area contributed by atoms with Gasteiger partial charge in [-0.05, 0) is 18.9 Å². The van der Waals surface area contributed by atoms with E-state index in [-0.39, 0.29) is 0 Å². The topological polar surface area (TPSA) is 3.88 Å². The molecule has 0 saturated heterocycles. The van der Waals surface area contributed by atoms with Crippen LogP contribution < -0.4 is 4.57 Å². The zero-order chi connectivity index (χ0) is 20.1. The van der Waals surface area contributed by atoms with Crippen LogP contribution in [-0.2, 0) is 13.0 Å². The quantitative estimate of drug-likeness (QED) is 0.155. The molecule has 0 N–H and O–H groups in total. The summed E-state index contributed by atoms with van der Waals surface area (Å²) in [5.74, 6) is 0. The zero-order valence-electron chi connectivity index (χ0n) is 19.4. The molecule has 0 radical (unpaired) electrons. The molecule has 1 aromatic heterocycles. The largest absolute Gasteiger partial charge is 0.205 e. The molecular weight excluding hydrogens is 338 g/mol. The number of hydrogen-bond acceptors (Lipinski definition) is 0. The maximum Gasteiger partial charge on any atom is 0.171 e. The molecule has 0 aliphatic rings. The van der Waals surface area contributed by atoms with Gasteiger partial charge in [-0.2, -0.15) is 0 Å². The normalized spacial score (nSPS) is 11.2. The zero-order valence-corrected chi connectivity index (χ0v) is 19.4. The molecule has 28 heavy (non-hydrogen) atoms. The minimum absolute atomic E-state index is 1.17. The van der Waals surface area contributed by atoms with Crippen LogP contribution >= 0.6 is 0 Å². The van der Waals surface area contributed by atoms with Crippen molar-refractivity contribution in [3.05, 3.63) is 30.1 Å². The number of aromatic nitrogens is 1. The van der Waals surface area contributed by atoms with Crippen molar-refractivity contribution in [2.24, 2.45) is 0 Å². The van der Waals surface area contributed by atoms with Gasteiger partial charge in [0, 0.05) is 18.1 Å². The fraction of sp³-hybridized carbons (Fsp3) is 0.815. The van der Waals surface area contributed by atoms with Crippen LogP contribution in [0.25, 0.3) is 0 Å². The Morgan fingerprint density at radius 3 is 1.54 bits per heavy atom. The van der Waals surface area contributed by atoms with Gasteiger partial charge in [-0.15, -0.1) is 0 Å². The van der Waals surface area contributed by atoms with Gasteiger partial charge in [0.05, 0.1) is 0 Å². The van der Waals surface area contributed by atoms with E-state index < -0.39 is 0 Å². The third-order valence-corrected chi connectivity index (χ3v) is 6.01. The number of pyridine rings is 1. The summed E-state index contributed by atoms with van der Waals surface area (Å²) in [7, 11) is 0. The van der Waals surface area contributed by atoms with E-state index in [2.05, 4.69) is 42.9 Å². The van der Waals surface area contributed by atoms with Gasteiger partial charge < -0.3 is 0 Å². The van der Waals surface area contributed by atoms with Crippen molar-refractivity contribution in [1.82, 2.24) is 0 Å².